The fraction of sp³-hybridized carbons (Fsp3) is 0.167. The summed E-state index contributed by atoms with van der Waals surface area (Å²) in [7, 11) is 2.97. The highest BCUT2D eigenvalue weighted by Crippen LogP contribution is 2.37. The third-order valence-corrected chi connectivity index (χ3v) is 4.34. The number of nitrogens with one attached hydrogen (secondary N) is 1. The zero-order chi connectivity index (χ0) is 20.2. The molecule has 0 radical (unpaired) electrons. The van der Waals surface area contributed by atoms with Gasteiger partial charge >= 0.3 is 6.18 Å². The Morgan fingerprint density at radius 3 is 2.48 bits per heavy atom. The molecule has 0 unspecified atom stereocenters. The van der Waals surface area contributed by atoms with Gasteiger partial charge < -0.3 is 14.8 Å². The molecular weight excluding hydrogens is 451 g/mol. The summed E-state index contributed by atoms with van der Waals surface area (Å²) in [6.45, 7) is 0. The van der Waals surface area contributed by atoms with Crippen molar-refractivity contribution in [1.82, 2.24) is 0 Å². The molecule has 9 heteroatoms. The molecule has 1 amide bonds. The van der Waals surface area contributed by atoms with Crippen LogP contribution in [0.1, 0.15) is 11.1 Å². The molecule has 0 aromatic heterocycles. The summed E-state index contributed by atoms with van der Waals surface area (Å²) >= 11 is 8.89. The van der Waals surface area contributed by atoms with Crippen molar-refractivity contribution in [2.24, 2.45) is 0 Å². The molecule has 0 atom stereocenters. The molecule has 0 saturated carbocycles. The van der Waals surface area contributed by atoms with Gasteiger partial charge in [-0.1, -0.05) is 11.6 Å². The predicted octanol–water partition coefficient (Wildman–Crippen LogP) is 5.79. The maximum absolute atomic E-state index is 12.9. The van der Waals surface area contributed by atoms with Crippen molar-refractivity contribution in [3.05, 3.63) is 57.0 Å². The quantitative estimate of drug-likeness (QED) is 0.570. The smallest absolute Gasteiger partial charge is 0.417 e. The summed E-state index contributed by atoms with van der Waals surface area (Å²) in [4.78, 5) is 12.0. The Morgan fingerprint density at radius 1 is 1.19 bits per heavy atom. The van der Waals surface area contributed by atoms with Gasteiger partial charge in [0, 0.05) is 11.8 Å². The number of amides is 1. The highest BCUT2D eigenvalue weighted by Gasteiger charge is 2.33. The molecule has 1 N–H and O–H groups in total. The zero-order valence-electron chi connectivity index (χ0n) is 14.2. The third-order valence-electron chi connectivity index (χ3n) is 3.42. The number of benzene rings is 2. The number of carbonyl (C=O) groups is 1. The molecule has 0 aliphatic rings. The molecule has 0 saturated heterocycles. The lowest BCUT2D eigenvalue weighted by molar-refractivity contribution is -0.137. The number of hydrogen-bond acceptors (Lipinski definition) is 3. The maximum Gasteiger partial charge on any atom is 0.417 e. The lowest BCUT2D eigenvalue weighted by Gasteiger charge is -2.11. The highest BCUT2D eigenvalue weighted by molar-refractivity contribution is 9.10. The van der Waals surface area contributed by atoms with Gasteiger partial charge in [-0.25, -0.2) is 0 Å². The number of carbonyl (C=O) groups excluding carboxylic acids is 1. The van der Waals surface area contributed by atoms with E-state index in [-0.39, 0.29) is 5.69 Å². The van der Waals surface area contributed by atoms with Crippen molar-refractivity contribution in [1.29, 1.82) is 0 Å². The maximum atomic E-state index is 12.9. The molecule has 0 heterocycles. The van der Waals surface area contributed by atoms with E-state index >= 15 is 0 Å². The number of methoxy groups -OCH3 is 2. The summed E-state index contributed by atoms with van der Waals surface area (Å²) < 4.78 is 49.6. The van der Waals surface area contributed by atoms with Crippen LogP contribution in [0.4, 0.5) is 18.9 Å². The van der Waals surface area contributed by atoms with Crippen LogP contribution in [0.2, 0.25) is 5.02 Å². The Kier molecular flexibility index (Phi) is 6.78. The van der Waals surface area contributed by atoms with Crippen molar-refractivity contribution in [2.45, 2.75) is 6.18 Å². The molecule has 2 aromatic rings. The van der Waals surface area contributed by atoms with Gasteiger partial charge in [0.25, 0.3) is 0 Å². The van der Waals surface area contributed by atoms with Crippen LogP contribution in [-0.2, 0) is 11.0 Å². The zero-order valence-corrected chi connectivity index (χ0v) is 16.5. The molecule has 0 bridgehead atoms. The Bertz CT molecular complexity index is 885. The lowest BCUT2D eigenvalue weighted by atomic mass is 10.1. The average molecular weight is 465 g/mol. The minimum Gasteiger partial charge on any atom is -0.493 e. The first kappa shape index (κ1) is 21.1. The van der Waals surface area contributed by atoms with Gasteiger partial charge in [-0.3, -0.25) is 4.79 Å². The van der Waals surface area contributed by atoms with E-state index in [0.717, 1.165) is 12.1 Å². The van der Waals surface area contributed by atoms with Crippen LogP contribution in [0.15, 0.2) is 40.9 Å². The molecule has 144 valence electrons. The number of anilines is 1. The van der Waals surface area contributed by atoms with Crippen molar-refractivity contribution in [2.75, 3.05) is 19.5 Å². The van der Waals surface area contributed by atoms with Crippen LogP contribution in [0.3, 0.4) is 0 Å². The topological polar surface area (TPSA) is 47.6 Å². The molecule has 2 aromatic carbocycles. The summed E-state index contributed by atoms with van der Waals surface area (Å²) in [5.74, 6) is 0.357. The molecular formula is C18H14BrClF3NO3. The van der Waals surface area contributed by atoms with E-state index in [1.807, 2.05) is 0 Å². The first-order chi connectivity index (χ1) is 12.7. The van der Waals surface area contributed by atoms with Gasteiger partial charge in [0.15, 0.2) is 11.5 Å². The monoisotopic (exact) mass is 463 g/mol. The first-order valence-corrected chi connectivity index (χ1v) is 8.60. The summed E-state index contributed by atoms with van der Waals surface area (Å²) in [5, 5.41) is 1.93. The van der Waals surface area contributed by atoms with Crippen LogP contribution in [-0.4, -0.2) is 20.1 Å². The van der Waals surface area contributed by atoms with Crippen molar-refractivity contribution < 1.29 is 27.4 Å². The first-order valence-electron chi connectivity index (χ1n) is 7.43. The number of alkyl halides is 3. The van der Waals surface area contributed by atoms with Crippen LogP contribution in [0.25, 0.3) is 6.08 Å². The molecule has 2 rings (SSSR count). The van der Waals surface area contributed by atoms with E-state index in [2.05, 4.69) is 21.2 Å². The average Bonchev–Trinajstić information content (AvgIpc) is 2.60. The SMILES string of the molecule is COc1cc(C=CC(=O)Nc2ccc(Cl)c(C(F)(F)F)c2)cc(Br)c1OC. The second kappa shape index (κ2) is 8.67. The highest BCUT2D eigenvalue weighted by atomic mass is 79.9. The van der Waals surface area contributed by atoms with Gasteiger partial charge in [0.1, 0.15) is 0 Å². The molecule has 27 heavy (non-hydrogen) atoms. The molecule has 4 nitrogen and oxygen atoms in total. The second-order valence-electron chi connectivity index (χ2n) is 5.25. The van der Waals surface area contributed by atoms with E-state index in [4.69, 9.17) is 21.1 Å². The van der Waals surface area contributed by atoms with Gasteiger partial charge in [-0.05, 0) is 57.9 Å². The number of halogens is 5. The van der Waals surface area contributed by atoms with Crippen molar-refractivity contribution in [3.8, 4) is 11.5 Å². The van der Waals surface area contributed by atoms with Gasteiger partial charge in [-0.2, -0.15) is 13.2 Å². The fourth-order valence-corrected chi connectivity index (χ4v) is 3.06. The van der Waals surface area contributed by atoms with Crippen LogP contribution >= 0.6 is 27.5 Å². The van der Waals surface area contributed by atoms with Gasteiger partial charge in [0.05, 0.1) is 29.3 Å². The van der Waals surface area contributed by atoms with E-state index in [1.54, 1.807) is 12.1 Å². The Labute approximate surface area is 167 Å². The van der Waals surface area contributed by atoms with E-state index < -0.39 is 22.7 Å². The summed E-state index contributed by atoms with van der Waals surface area (Å²) in [6.07, 6.45) is -1.93. The van der Waals surface area contributed by atoms with Gasteiger partial charge in [0.2, 0.25) is 5.91 Å². The largest absolute Gasteiger partial charge is 0.493 e. The Morgan fingerprint density at radius 2 is 1.89 bits per heavy atom. The molecule has 0 aliphatic carbocycles. The third kappa shape index (κ3) is 5.40. The van der Waals surface area contributed by atoms with E-state index in [9.17, 15) is 18.0 Å². The van der Waals surface area contributed by atoms with Crippen molar-refractivity contribution in [3.63, 3.8) is 0 Å². The standard InChI is InChI=1S/C18H14BrClF3NO3/c1-26-15-8-10(7-13(19)17(15)27-2)3-6-16(25)24-11-4-5-14(20)12(9-11)18(21,22)23/h3-9H,1-2H3,(H,24,25). The Balaban J connectivity index is 2.18. The minimum absolute atomic E-state index is 0.0186. The van der Waals surface area contributed by atoms with E-state index in [1.165, 1.54) is 32.4 Å². The van der Waals surface area contributed by atoms with Crippen LogP contribution < -0.4 is 14.8 Å². The predicted molar refractivity (Wildman–Crippen MR) is 101 cm³/mol. The van der Waals surface area contributed by atoms with Crippen LogP contribution in [0, 0.1) is 0 Å². The molecule has 0 spiro atoms. The minimum atomic E-state index is -4.61. The van der Waals surface area contributed by atoms with Gasteiger partial charge in [-0.15, -0.1) is 0 Å². The van der Waals surface area contributed by atoms with Crippen LogP contribution in [0.5, 0.6) is 11.5 Å². The summed E-state index contributed by atoms with van der Waals surface area (Å²) in [5.41, 5.74) is -0.411. The number of ether oxygens (including phenoxy) is 2. The van der Waals surface area contributed by atoms with Crippen molar-refractivity contribution >= 4 is 45.2 Å². The fourth-order valence-electron chi connectivity index (χ4n) is 2.21. The lowest BCUT2D eigenvalue weighted by Crippen LogP contribution is -2.11. The molecule has 0 aliphatic heterocycles. The van der Waals surface area contributed by atoms with E-state index in [0.29, 0.717) is 21.5 Å². The second-order valence-corrected chi connectivity index (χ2v) is 6.51. The Hall–Kier alpha value is -2.19. The number of rotatable bonds is 5. The normalized spacial score (nSPS) is 11.5. The molecule has 0 fully saturated rings. The number of hydrogen-bond donors (Lipinski definition) is 1. The summed E-state index contributed by atoms with van der Waals surface area (Å²) in [6, 6.07) is 6.50.